The molecular weight excluding hydrogens is 461 g/mol. The van der Waals surface area contributed by atoms with E-state index in [9.17, 15) is 23.6 Å². The summed E-state index contributed by atoms with van der Waals surface area (Å²) in [4.78, 5) is 50.6. The van der Waals surface area contributed by atoms with Crippen LogP contribution in [0.5, 0.6) is 0 Å². The van der Waals surface area contributed by atoms with Gasteiger partial charge in [-0.3, -0.25) is 14.4 Å². The molecule has 9 heteroatoms. The molecule has 1 aromatic carbocycles. The standard InChI is InChI=1S/C25H26FNO6S/c1-2-32-25(31)23-19(12-20(34-23)14-6-8-18(26)9-7-14)27-21(28)13-33-24(30)17-10-15-4-3-5-16(11-17)22(15)29/h6-9,12,15-17H,2-5,10-11,13H2,1H3,(H,27,28). The van der Waals surface area contributed by atoms with Gasteiger partial charge in [0.15, 0.2) is 6.61 Å². The number of carbonyl (C=O) groups excluding carboxylic acids is 4. The Hall–Kier alpha value is -3.07. The highest BCUT2D eigenvalue weighted by Gasteiger charge is 2.41. The summed E-state index contributed by atoms with van der Waals surface area (Å²) < 4.78 is 23.6. The second kappa shape index (κ2) is 10.5. The molecule has 2 saturated carbocycles. The number of amides is 1. The smallest absolute Gasteiger partial charge is 0.350 e. The average Bonchev–Trinajstić information content (AvgIpc) is 3.21. The quantitative estimate of drug-likeness (QED) is 0.573. The van der Waals surface area contributed by atoms with Crippen LogP contribution in [0.2, 0.25) is 0 Å². The lowest BCUT2D eigenvalue weighted by atomic mass is 9.67. The lowest BCUT2D eigenvalue weighted by Gasteiger charge is -2.36. The van der Waals surface area contributed by atoms with Gasteiger partial charge in [-0.25, -0.2) is 9.18 Å². The number of fused-ring (bicyclic) bond motifs is 2. The summed E-state index contributed by atoms with van der Waals surface area (Å²) in [6, 6.07) is 7.38. The molecule has 2 aliphatic rings. The van der Waals surface area contributed by atoms with Gasteiger partial charge >= 0.3 is 11.9 Å². The molecule has 0 saturated heterocycles. The first-order valence-corrected chi connectivity index (χ1v) is 12.2. The maximum atomic E-state index is 13.3. The summed E-state index contributed by atoms with van der Waals surface area (Å²) >= 11 is 1.11. The predicted octanol–water partition coefficient (Wildman–Crippen LogP) is 4.61. The molecule has 0 radical (unpaired) electrons. The van der Waals surface area contributed by atoms with Crippen LogP contribution < -0.4 is 5.32 Å². The molecule has 2 aromatic rings. The molecular formula is C25H26FNO6S. The number of rotatable bonds is 7. The van der Waals surface area contributed by atoms with Crippen molar-refractivity contribution in [3.63, 3.8) is 0 Å². The van der Waals surface area contributed by atoms with Crippen molar-refractivity contribution in [2.75, 3.05) is 18.5 Å². The Morgan fingerprint density at radius 2 is 1.76 bits per heavy atom. The monoisotopic (exact) mass is 487 g/mol. The van der Waals surface area contributed by atoms with Gasteiger partial charge in [0.1, 0.15) is 16.5 Å². The van der Waals surface area contributed by atoms with Crippen molar-refractivity contribution < 1.29 is 33.0 Å². The van der Waals surface area contributed by atoms with Crippen LogP contribution in [0.15, 0.2) is 30.3 Å². The van der Waals surface area contributed by atoms with Crippen LogP contribution >= 0.6 is 11.3 Å². The van der Waals surface area contributed by atoms with Crippen molar-refractivity contribution in [2.45, 2.75) is 39.0 Å². The van der Waals surface area contributed by atoms with Gasteiger partial charge in [-0.2, -0.15) is 0 Å². The lowest BCUT2D eigenvalue weighted by molar-refractivity contribution is -0.155. The molecule has 1 N–H and O–H groups in total. The number of hydrogen-bond acceptors (Lipinski definition) is 7. The van der Waals surface area contributed by atoms with Crippen molar-refractivity contribution in [3.05, 3.63) is 41.0 Å². The Labute approximate surface area is 200 Å². The Morgan fingerprint density at radius 3 is 2.41 bits per heavy atom. The van der Waals surface area contributed by atoms with Crippen LogP contribution in [-0.2, 0) is 23.9 Å². The number of ketones is 1. The number of thiophene rings is 1. The highest BCUT2D eigenvalue weighted by molar-refractivity contribution is 7.18. The average molecular weight is 488 g/mol. The molecule has 1 aromatic heterocycles. The molecule has 180 valence electrons. The van der Waals surface area contributed by atoms with Crippen molar-refractivity contribution >= 4 is 40.7 Å². The maximum Gasteiger partial charge on any atom is 0.350 e. The van der Waals surface area contributed by atoms with Gasteiger partial charge in [-0.1, -0.05) is 18.6 Å². The third-order valence-corrected chi connectivity index (χ3v) is 7.49. The molecule has 2 unspecified atom stereocenters. The number of ether oxygens (including phenoxy) is 2. The fourth-order valence-electron chi connectivity index (χ4n) is 4.70. The molecule has 4 rings (SSSR count). The summed E-state index contributed by atoms with van der Waals surface area (Å²) in [5.74, 6) is -2.31. The van der Waals surface area contributed by atoms with Crippen LogP contribution in [0.4, 0.5) is 10.1 Å². The number of Topliss-reactive ketones (excluding diaryl/α,β-unsaturated/α-hetero) is 1. The summed E-state index contributed by atoms with van der Waals surface area (Å²) in [6.07, 6.45) is 3.59. The first-order chi connectivity index (χ1) is 16.4. The Morgan fingerprint density at radius 1 is 1.09 bits per heavy atom. The van der Waals surface area contributed by atoms with Crippen molar-refractivity contribution in [3.8, 4) is 10.4 Å². The number of nitrogens with one attached hydrogen (secondary N) is 1. The molecule has 0 spiro atoms. The van der Waals surface area contributed by atoms with E-state index in [1.807, 2.05) is 0 Å². The Kier molecular flexibility index (Phi) is 7.41. The lowest BCUT2D eigenvalue weighted by Crippen LogP contribution is -2.40. The maximum absolute atomic E-state index is 13.3. The second-order valence-corrected chi connectivity index (χ2v) is 9.68. The van der Waals surface area contributed by atoms with Crippen molar-refractivity contribution in [1.82, 2.24) is 0 Å². The summed E-state index contributed by atoms with van der Waals surface area (Å²) in [5, 5.41) is 2.62. The number of benzene rings is 1. The van der Waals surface area contributed by atoms with Gasteiger partial charge in [0, 0.05) is 16.7 Å². The van der Waals surface area contributed by atoms with Gasteiger partial charge in [-0.05, 0) is 56.4 Å². The number of esters is 2. The molecule has 1 heterocycles. The minimum Gasteiger partial charge on any atom is -0.462 e. The molecule has 0 aliphatic heterocycles. The van der Waals surface area contributed by atoms with Gasteiger partial charge in [0.2, 0.25) is 0 Å². The molecule has 34 heavy (non-hydrogen) atoms. The largest absolute Gasteiger partial charge is 0.462 e. The van der Waals surface area contributed by atoms with Crippen molar-refractivity contribution in [1.29, 1.82) is 0 Å². The number of hydrogen-bond donors (Lipinski definition) is 1. The molecule has 2 fully saturated rings. The second-order valence-electron chi connectivity index (χ2n) is 8.63. The van der Waals surface area contributed by atoms with Crippen molar-refractivity contribution in [2.24, 2.45) is 17.8 Å². The first kappa shape index (κ1) is 24.1. The SMILES string of the molecule is CCOC(=O)c1sc(-c2ccc(F)cc2)cc1NC(=O)COC(=O)C1CC2CCCC(C1)C2=O. The van der Waals surface area contributed by atoms with E-state index in [0.717, 1.165) is 30.6 Å². The summed E-state index contributed by atoms with van der Waals surface area (Å²) in [7, 11) is 0. The van der Waals surface area contributed by atoms with Crippen LogP contribution in [0, 0.1) is 23.6 Å². The van der Waals surface area contributed by atoms with Crippen LogP contribution in [0.25, 0.3) is 10.4 Å². The Balaban J connectivity index is 1.40. The molecule has 7 nitrogen and oxygen atoms in total. The van der Waals surface area contributed by atoms with E-state index in [4.69, 9.17) is 9.47 Å². The number of anilines is 1. The molecule has 2 atom stereocenters. The van der Waals surface area contributed by atoms with Gasteiger partial charge in [-0.15, -0.1) is 11.3 Å². The van der Waals surface area contributed by atoms with Crippen LogP contribution in [0.3, 0.4) is 0 Å². The van der Waals surface area contributed by atoms with E-state index in [1.165, 1.54) is 12.1 Å². The predicted molar refractivity (Wildman–Crippen MR) is 124 cm³/mol. The zero-order valence-corrected chi connectivity index (χ0v) is 19.6. The zero-order valence-electron chi connectivity index (χ0n) is 18.8. The molecule has 2 aliphatic carbocycles. The van der Waals surface area contributed by atoms with Gasteiger partial charge in [0.05, 0.1) is 18.2 Å². The highest BCUT2D eigenvalue weighted by atomic mass is 32.1. The van der Waals surface area contributed by atoms with E-state index in [2.05, 4.69) is 5.32 Å². The van der Waals surface area contributed by atoms with Gasteiger partial charge < -0.3 is 14.8 Å². The first-order valence-electron chi connectivity index (χ1n) is 11.4. The number of halogens is 1. The molecule has 1 amide bonds. The fourth-order valence-corrected chi connectivity index (χ4v) is 5.71. The topological polar surface area (TPSA) is 98.8 Å². The molecule has 2 bridgehead atoms. The van der Waals surface area contributed by atoms with E-state index in [1.54, 1.807) is 25.1 Å². The van der Waals surface area contributed by atoms with Crippen LogP contribution in [0.1, 0.15) is 48.7 Å². The fraction of sp³-hybridized carbons (Fsp3) is 0.440. The summed E-state index contributed by atoms with van der Waals surface area (Å²) in [6.45, 7) is 1.35. The van der Waals surface area contributed by atoms with E-state index < -0.39 is 24.5 Å². The minimum atomic E-state index is -0.591. The van der Waals surface area contributed by atoms with E-state index in [-0.39, 0.29) is 46.5 Å². The van der Waals surface area contributed by atoms with E-state index >= 15 is 0 Å². The third-order valence-electron chi connectivity index (χ3n) is 6.32. The van der Waals surface area contributed by atoms with E-state index in [0.29, 0.717) is 23.3 Å². The highest BCUT2D eigenvalue weighted by Crippen LogP contribution is 2.40. The number of carbonyl (C=O) groups is 4. The van der Waals surface area contributed by atoms with Crippen LogP contribution in [-0.4, -0.2) is 36.8 Å². The minimum absolute atomic E-state index is 0.0818. The summed E-state index contributed by atoms with van der Waals surface area (Å²) in [5.41, 5.74) is 0.919. The van der Waals surface area contributed by atoms with Gasteiger partial charge in [0.25, 0.3) is 5.91 Å². The Bertz CT molecular complexity index is 1080. The zero-order chi connectivity index (χ0) is 24.2. The third kappa shape index (κ3) is 5.35. The normalized spacial score (nSPS) is 21.6.